The Balaban J connectivity index is 2.58. The lowest BCUT2D eigenvalue weighted by Gasteiger charge is -2.23. The summed E-state index contributed by atoms with van der Waals surface area (Å²) >= 11 is 0. The zero-order valence-electron chi connectivity index (χ0n) is 13.3. The zero-order valence-corrected chi connectivity index (χ0v) is 13.3. The van der Waals surface area contributed by atoms with Crippen LogP contribution in [-0.4, -0.2) is 17.0 Å². The molecule has 1 atom stereocenters. The van der Waals surface area contributed by atoms with E-state index in [4.69, 9.17) is 5.11 Å². The molecule has 0 spiro atoms. The summed E-state index contributed by atoms with van der Waals surface area (Å²) in [5.41, 5.74) is 1.78. The van der Waals surface area contributed by atoms with Crippen molar-refractivity contribution in [3.8, 4) is 0 Å². The first-order chi connectivity index (χ1) is 9.73. The Kier molecular flexibility index (Phi) is 5.94. The summed E-state index contributed by atoms with van der Waals surface area (Å²) in [6.07, 6.45) is 1.18. The predicted octanol–water partition coefficient (Wildman–Crippen LogP) is 3.32. The third-order valence-electron chi connectivity index (χ3n) is 3.53. The molecule has 0 aliphatic carbocycles. The van der Waals surface area contributed by atoms with E-state index in [2.05, 4.69) is 24.4 Å². The van der Waals surface area contributed by atoms with Crippen LogP contribution in [0.25, 0.3) is 0 Å². The highest BCUT2D eigenvalue weighted by molar-refractivity contribution is 5.78. The molecule has 1 aromatic rings. The summed E-state index contributed by atoms with van der Waals surface area (Å²) in [4.78, 5) is 22.8. The summed E-state index contributed by atoms with van der Waals surface area (Å²) in [7, 11) is 0. The first-order valence-corrected chi connectivity index (χ1v) is 7.33. The van der Waals surface area contributed by atoms with Crippen molar-refractivity contribution in [2.75, 3.05) is 0 Å². The van der Waals surface area contributed by atoms with E-state index >= 15 is 0 Å². The molecule has 0 fully saturated rings. The Labute approximate surface area is 126 Å². The molecule has 0 aliphatic heterocycles. The van der Waals surface area contributed by atoms with Gasteiger partial charge in [-0.25, -0.2) is 0 Å². The predicted molar refractivity (Wildman–Crippen MR) is 83.0 cm³/mol. The first-order valence-electron chi connectivity index (χ1n) is 7.33. The van der Waals surface area contributed by atoms with Crippen molar-refractivity contribution in [3.05, 3.63) is 35.4 Å². The average molecular weight is 291 g/mol. The molecule has 1 rings (SSSR count). The molecule has 1 aromatic carbocycles. The molecule has 4 nitrogen and oxygen atoms in total. The minimum absolute atomic E-state index is 0.0139. The second-order valence-electron chi connectivity index (χ2n) is 6.30. The number of benzene rings is 1. The van der Waals surface area contributed by atoms with Gasteiger partial charge in [0.1, 0.15) is 0 Å². The fraction of sp³-hybridized carbons (Fsp3) is 0.529. The van der Waals surface area contributed by atoms with Crippen molar-refractivity contribution < 1.29 is 14.7 Å². The molecule has 2 N–H and O–H groups in total. The van der Waals surface area contributed by atoms with Crippen molar-refractivity contribution in [1.82, 2.24) is 5.32 Å². The Morgan fingerprint density at radius 3 is 2.24 bits per heavy atom. The summed E-state index contributed by atoms with van der Waals surface area (Å²) in [6, 6.07) is 8.08. The van der Waals surface area contributed by atoms with Gasteiger partial charge in [-0.15, -0.1) is 0 Å². The zero-order chi connectivity index (χ0) is 16.0. The lowest BCUT2D eigenvalue weighted by Crippen LogP contribution is -2.31. The maximum Gasteiger partial charge on any atom is 0.303 e. The SMILES string of the molecule is CCc1ccc(C(C)NC(=O)CC(C)(C)CC(=O)O)cc1. The van der Waals surface area contributed by atoms with Gasteiger partial charge >= 0.3 is 5.97 Å². The molecule has 21 heavy (non-hydrogen) atoms. The van der Waals surface area contributed by atoms with Crippen molar-refractivity contribution >= 4 is 11.9 Å². The number of aliphatic carboxylic acids is 1. The van der Waals surface area contributed by atoms with Crippen LogP contribution in [0.3, 0.4) is 0 Å². The highest BCUT2D eigenvalue weighted by Crippen LogP contribution is 2.25. The largest absolute Gasteiger partial charge is 0.481 e. The van der Waals surface area contributed by atoms with Crippen LogP contribution < -0.4 is 5.32 Å². The van der Waals surface area contributed by atoms with Crippen molar-refractivity contribution in [2.45, 2.75) is 53.0 Å². The second kappa shape index (κ2) is 7.25. The maximum atomic E-state index is 12.0. The second-order valence-corrected chi connectivity index (χ2v) is 6.30. The number of amides is 1. The standard InChI is InChI=1S/C17H25NO3/c1-5-13-6-8-14(9-7-13)12(2)18-15(19)10-17(3,4)11-16(20)21/h6-9,12H,5,10-11H2,1-4H3,(H,18,19)(H,20,21). The third kappa shape index (κ3) is 5.98. The maximum absolute atomic E-state index is 12.0. The molecule has 1 unspecified atom stereocenters. The van der Waals surface area contributed by atoms with E-state index in [0.29, 0.717) is 0 Å². The van der Waals surface area contributed by atoms with E-state index in [-0.39, 0.29) is 24.8 Å². The summed E-state index contributed by atoms with van der Waals surface area (Å²) in [5, 5.41) is 11.8. The van der Waals surface area contributed by atoms with Gasteiger partial charge in [0.05, 0.1) is 12.5 Å². The Morgan fingerprint density at radius 2 is 1.76 bits per heavy atom. The van der Waals surface area contributed by atoms with Gasteiger partial charge < -0.3 is 10.4 Å². The van der Waals surface area contributed by atoms with Gasteiger partial charge in [-0.3, -0.25) is 9.59 Å². The number of carbonyl (C=O) groups excluding carboxylic acids is 1. The number of aryl methyl sites for hydroxylation is 1. The molecule has 0 bridgehead atoms. The number of rotatable bonds is 7. The van der Waals surface area contributed by atoms with Crippen LogP contribution in [0.1, 0.15) is 57.7 Å². The van der Waals surface area contributed by atoms with Gasteiger partial charge in [0.15, 0.2) is 0 Å². The fourth-order valence-electron chi connectivity index (χ4n) is 2.32. The highest BCUT2D eigenvalue weighted by Gasteiger charge is 2.25. The Bertz CT molecular complexity index is 491. The van der Waals surface area contributed by atoms with Crippen molar-refractivity contribution in [1.29, 1.82) is 0 Å². The molecule has 0 heterocycles. The quantitative estimate of drug-likeness (QED) is 0.810. The number of carbonyl (C=O) groups is 2. The van der Waals surface area contributed by atoms with Crippen LogP contribution in [0.2, 0.25) is 0 Å². The topological polar surface area (TPSA) is 66.4 Å². The number of carboxylic acids is 1. The number of nitrogens with one attached hydrogen (secondary N) is 1. The minimum Gasteiger partial charge on any atom is -0.481 e. The van der Waals surface area contributed by atoms with Gasteiger partial charge in [0.25, 0.3) is 0 Å². The van der Waals surface area contributed by atoms with E-state index in [0.717, 1.165) is 12.0 Å². The summed E-state index contributed by atoms with van der Waals surface area (Å²) in [5.74, 6) is -0.996. The van der Waals surface area contributed by atoms with Gasteiger partial charge in [0, 0.05) is 6.42 Å². The lowest BCUT2D eigenvalue weighted by molar-refractivity contribution is -0.139. The monoisotopic (exact) mass is 291 g/mol. The van der Waals surface area contributed by atoms with Crippen LogP contribution in [0.4, 0.5) is 0 Å². The fourth-order valence-corrected chi connectivity index (χ4v) is 2.32. The molecule has 4 heteroatoms. The van der Waals surface area contributed by atoms with Gasteiger partial charge in [-0.1, -0.05) is 45.0 Å². The van der Waals surface area contributed by atoms with Crippen LogP contribution >= 0.6 is 0 Å². The molecule has 0 saturated heterocycles. The smallest absolute Gasteiger partial charge is 0.303 e. The summed E-state index contributed by atoms with van der Waals surface area (Å²) < 4.78 is 0. The molecular formula is C17H25NO3. The normalized spacial score (nSPS) is 12.8. The number of hydrogen-bond donors (Lipinski definition) is 2. The van der Waals surface area contributed by atoms with Gasteiger partial charge in [-0.2, -0.15) is 0 Å². The van der Waals surface area contributed by atoms with Gasteiger partial charge in [0.2, 0.25) is 5.91 Å². The van der Waals surface area contributed by atoms with Crippen molar-refractivity contribution in [2.24, 2.45) is 5.41 Å². The van der Waals surface area contributed by atoms with Crippen LogP contribution in [0, 0.1) is 5.41 Å². The third-order valence-corrected chi connectivity index (χ3v) is 3.53. The van der Waals surface area contributed by atoms with Crippen LogP contribution in [-0.2, 0) is 16.0 Å². The first kappa shape index (κ1) is 17.2. The van der Waals surface area contributed by atoms with Crippen LogP contribution in [0.5, 0.6) is 0 Å². The molecule has 0 aromatic heterocycles. The highest BCUT2D eigenvalue weighted by atomic mass is 16.4. The Hall–Kier alpha value is -1.84. The molecule has 0 radical (unpaired) electrons. The lowest BCUT2D eigenvalue weighted by atomic mass is 9.85. The number of hydrogen-bond acceptors (Lipinski definition) is 2. The van der Waals surface area contributed by atoms with Crippen LogP contribution in [0.15, 0.2) is 24.3 Å². The van der Waals surface area contributed by atoms with E-state index in [1.165, 1.54) is 5.56 Å². The van der Waals surface area contributed by atoms with E-state index < -0.39 is 11.4 Å². The van der Waals surface area contributed by atoms with E-state index in [1.54, 1.807) is 13.8 Å². The summed E-state index contributed by atoms with van der Waals surface area (Å²) in [6.45, 7) is 7.62. The molecular weight excluding hydrogens is 266 g/mol. The van der Waals surface area contributed by atoms with Crippen molar-refractivity contribution in [3.63, 3.8) is 0 Å². The van der Waals surface area contributed by atoms with E-state index in [1.807, 2.05) is 19.1 Å². The molecule has 0 aliphatic rings. The molecule has 0 saturated carbocycles. The molecule has 1 amide bonds. The average Bonchev–Trinajstić information content (AvgIpc) is 2.36. The number of carboxylic acid groups (broad SMARTS) is 1. The molecule has 116 valence electrons. The van der Waals surface area contributed by atoms with Gasteiger partial charge in [-0.05, 0) is 29.9 Å². The Morgan fingerprint density at radius 1 is 1.19 bits per heavy atom. The van der Waals surface area contributed by atoms with E-state index in [9.17, 15) is 9.59 Å². The minimum atomic E-state index is -0.879.